The number of nitrogens with two attached hydrogens (primary N) is 1. The number of hydrogen-bond donors (Lipinski definition) is 2. The Morgan fingerprint density at radius 2 is 1.90 bits per heavy atom. The summed E-state index contributed by atoms with van der Waals surface area (Å²) in [6.45, 7) is 0.371. The van der Waals surface area contributed by atoms with Crippen LogP contribution in [0, 0.1) is 0 Å². The van der Waals surface area contributed by atoms with Gasteiger partial charge in [-0.1, -0.05) is 38.9 Å². The molecule has 146 valence electrons. The maximum absolute atomic E-state index is 6.03. The second-order valence-electron chi connectivity index (χ2n) is 6.06. The number of rotatable bonds is 6. The van der Waals surface area contributed by atoms with E-state index in [9.17, 15) is 0 Å². The highest BCUT2D eigenvalue weighted by Gasteiger charge is 2.14. The third kappa shape index (κ3) is 5.03. The van der Waals surface area contributed by atoms with Gasteiger partial charge in [0.1, 0.15) is 18.2 Å². The molecule has 0 fully saturated rings. The van der Waals surface area contributed by atoms with E-state index < -0.39 is 0 Å². The number of benzene rings is 2. The van der Waals surface area contributed by atoms with Crippen LogP contribution in [0.4, 0.5) is 16.6 Å². The molecule has 3 N–H and O–H groups in total. The van der Waals surface area contributed by atoms with E-state index in [2.05, 4.69) is 36.4 Å². The van der Waals surface area contributed by atoms with Crippen LogP contribution in [-0.4, -0.2) is 15.2 Å². The number of nitrogens with one attached hydrogen (secondary N) is 1. The average molecular weight is 489 g/mol. The van der Waals surface area contributed by atoms with E-state index in [0.717, 1.165) is 26.3 Å². The van der Waals surface area contributed by atoms with Gasteiger partial charge in [-0.2, -0.15) is 0 Å². The Kier molecular flexibility index (Phi) is 5.94. The molecule has 0 atom stereocenters. The van der Waals surface area contributed by atoms with Gasteiger partial charge in [0.25, 0.3) is 0 Å². The maximum Gasteiger partial charge on any atom is 0.210 e. The minimum atomic E-state index is 0.371. The third-order valence-electron chi connectivity index (χ3n) is 3.93. The predicted octanol–water partition coefficient (Wildman–Crippen LogP) is 5.92. The molecule has 2 heterocycles. The molecule has 4 rings (SSSR count). The molecule has 0 amide bonds. The third-order valence-corrected chi connectivity index (χ3v) is 5.55. The SMILES string of the molecule is Nc1cc(COc2ccc(Br)cc2-c2nnc(Nc3ccc(Cl)cc3)s2)ccn1. The number of hydrogen-bond acceptors (Lipinski definition) is 7. The average Bonchev–Trinajstić information content (AvgIpc) is 3.17. The maximum atomic E-state index is 6.03. The summed E-state index contributed by atoms with van der Waals surface area (Å²) >= 11 is 10.9. The molecule has 0 aliphatic rings. The van der Waals surface area contributed by atoms with Crippen molar-refractivity contribution in [1.82, 2.24) is 15.2 Å². The molecule has 0 saturated carbocycles. The topological polar surface area (TPSA) is 86.0 Å². The normalized spacial score (nSPS) is 10.7. The van der Waals surface area contributed by atoms with Crippen molar-refractivity contribution in [2.24, 2.45) is 0 Å². The summed E-state index contributed by atoms with van der Waals surface area (Å²) in [4.78, 5) is 4.00. The first-order valence-corrected chi connectivity index (χ1v) is 10.5. The predicted molar refractivity (Wildman–Crippen MR) is 121 cm³/mol. The van der Waals surface area contributed by atoms with Gasteiger partial charge in [0.2, 0.25) is 5.13 Å². The zero-order valence-electron chi connectivity index (χ0n) is 15.0. The van der Waals surface area contributed by atoms with Gasteiger partial charge in [-0.05, 0) is 60.2 Å². The fraction of sp³-hybridized carbons (Fsp3) is 0.0500. The van der Waals surface area contributed by atoms with Gasteiger partial charge in [0.15, 0.2) is 5.01 Å². The van der Waals surface area contributed by atoms with Crippen molar-refractivity contribution in [2.75, 3.05) is 11.1 Å². The Balaban J connectivity index is 1.55. The number of ether oxygens (including phenoxy) is 1. The van der Waals surface area contributed by atoms with Crippen molar-refractivity contribution in [3.63, 3.8) is 0 Å². The Hall–Kier alpha value is -2.68. The van der Waals surface area contributed by atoms with Gasteiger partial charge >= 0.3 is 0 Å². The highest BCUT2D eigenvalue weighted by Crippen LogP contribution is 2.36. The molecule has 0 unspecified atom stereocenters. The zero-order chi connectivity index (χ0) is 20.2. The molecule has 2 aromatic carbocycles. The van der Waals surface area contributed by atoms with Crippen LogP contribution >= 0.6 is 38.9 Å². The molecule has 0 spiro atoms. The highest BCUT2D eigenvalue weighted by atomic mass is 79.9. The smallest absolute Gasteiger partial charge is 0.210 e. The van der Waals surface area contributed by atoms with Gasteiger partial charge in [-0.25, -0.2) is 4.98 Å². The first kappa shape index (κ1) is 19.6. The van der Waals surface area contributed by atoms with Crippen LogP contribution in [0.15, 0.2) is 65.3 Å². The number of nitrogens with zero attached hydrogens (tertiary/aromatic N) is 3. The second-order valence-corrected chi connectivity index (χ2v) is 8.39. The first-order chi connectivity index (χ1) is 14.1. The van der Waals surface area contributed by atoms with Crippen LogP contribution in [0.25, 0.3) is 10.6 Å². The lowest BCUT2D eigenvalue weighted by molar-refractivity contribution is 0.307. The van der Waals surface area contributed by atoms with E-state index in [1.54, 1.807) is 12.3 Å². The lowest BCUT2D eigenvalue weighted by atomic mass is 10.2. The number of nitrogen functional groups attached to an aromatic ring is 1. The Labute approximate surface area is 184 Å². The van der Waals surface area contributed by atoms with Crippen LogP contribution in [-0.2, 0) is 6.61 Å². The molecule has 0 aliphatic heterocycles. The van der Waals surface area contributed by atoms with Crippen LogP contribution in [0.2, 0.25) is 5.02 Å². The molecule has 0 bridgehead atoms. The summed E-state index contributed by atoms with van der Waals surface area (Å²) < 4.78 is 6.95. The molecular formula is C20H15BrClN5OS. The van der Waals surface area contributed by atoms with Gasteiger partial charge in [-0.15, -0.1) is 10.2 Å². The van der Waals surface area contributed by atoms with Crippen molar-refractivity contribution in [3.05, 3.63) is 75.9 Å². The largest absolute Gasteiger partial charge is 0.488 e. The van der Waals surface area contributed by atoms with Crippen molar-refractivity contribution in [2.45, 2.75) is 6.61 Å². The van der Waals surface area contributed by atoms with E-state index in [1.807, 2.05) is 48.5 Å². The van der Waals surface area contributed by atoms with Crippen molar-refractivity contribution in [1.29, 1.82) is 0 Å². The van der Waals surface area contributed by atoms with Gasteiger partial charge < -0.3 is 15.8 Å². The van der Waals surface area contributed by atoms with Crippen molar-refractivity contribution < 1.29 is 4.74 Å². The number of pyridine rings is 1. The van der Waals surface area contributed by atoms with Crippen LogP contribution < -0.4 is 15.8 Å². The zero-order valence-corrected chi connectivity index (χ0v) is 18.1. The van der Waals surface area contributed by atoms with Gasteiger partial charge in [-0.3, -0.25) is 0 Å². The molecule has 6 nitrogen and oxygen atoms in total. The minimum Gasteiger partial charge on any atom is -0.488 e. The fourth-order valence-electron chi connectivity index (χ4n) is 2.58. The van der Waals surface area contributed by atoms with Crippen LogP contribution in [0.1, 0.15) is 5.56 Å². The molecule has 2 aromatic heterocycles. The number of anilines is 3. The van der Waals surface area contributed by atoms with Crippen molar-refractivity contribution in [3.8, 4) is 16.3 Å². The van der Waals surface area contributed by atoms with Gasteiger partial charge in [0, 0.05) is 21.4 Å². The van der Waals surface area contributed by atoms with E-state index in [-0.39, 0.29) is 0 Å². The standard InChI is InChI=1S/C20H15BrClN5OS/c21-13-1-6-17(28-11-12-7-8-24-18(23)9-12)16(10-13)19-26-27-20(29-19)25-15-4-2-14(22)3-5-15/h1-10H,11H2,(H2,23,24)(H,25,27). The van der Waals surface area contributed by atoms with Crippen LogP contribution in [0.3, 0.4) is 0 Å². The lowest BCUT2D eigenvalue weighted by Gasteiger charge is -2.10. The molecule has 29 heavy (non-hydrogen) atoms. The summed E-state index contributed by atoms with van der Waals surface area (Å²) in [6.07, 6.45) is 1.66. The van der Waals surface area contributed by atoms with E-state index in [0.29, 0.717) is 28.3 Å². The summed E-state index contributed by atoms with van der Waals surface area (Å²) in [5.41, 5.74) is 8.41. The van der Waals surface area contributed by atoms with Crippen LogP contribution in [0.5, 0.6) is 5.75 Å². The van der Waals surface area contributed by atoms with E-state index in [4.69, 9.17) is 22.1 Å². The molecule has 9 heteroatoms. The molecule has 0 radical (unpaired) electrons. The monoisotopic (exact) mass is 487 g/mol. The Bertz CT molecular complexity index is 1140. The molecule has 4 aromatic rings. The van der Waals surface area contributed by atoms with Crippen molar-refractivity contribution >= 4 is 55.5 Å². The number of aromatic nitrogens is 3. The molecule has 0 aliphatic carbocycles. The summed E-state index contributed by atoms with van der Waals surface area (Å²) in [7, 11) is 0. The molecular weight excluding hydrogens is 474 g/mol. The summed E-state index contributed by atoms with van der Waals surface area (Å²) in [6, 6.07) is 16.9. The first-order valence-electron chi connectivity index (χ1n) is 8.56. The Morgan fingerprint density at radius 1 is 1.07 bits per heavy atom. The fourth-order valence-corrected chi connectivity index (χ4v) is 3.85. The second kappa shape index (κ2) is 8.77. The number of halogens is 2. The van der Waals surface area contributed by atoms with Gasteiger partial charge in [0.05, 0.1) is 5.56 Å². The quantitative estimate of drug-likeness (QED) is 0.350. The highest BCUT2D eigenvalue weighted by molar-refractivity contribution is 9.10. The summed E-state index contributed by atoms with van der Waals surface area (Å²) in [5, 5.41) is 13.9. The van der Waals surface area contributed by atoms with E-state index >= 15 is 0 Å². The molecule has 0 saturated heterocycles. The Morgan fingerprint density at radius 3 is 2.69 bits per heavy atom. The van der Waals surface area contributed by atoms with E-state index in [1.165, 1.54) is 11.3 Å². The lowest BCUT2D eigenvalue weighted by Crippen LogP contribution is -1.99. The summed E-state index contributed by atoms with van der Waals surface area (Å²) in [5.74, 6) is 1.17. The minimum absolute atomic E-state index is 0.371.